The zero-order valence-corrected chi connectivity index (χ0v) is 10.4. The summed E-state index contributed by atoms with van der Waals surface area (Å²) in [5.41, 5.74) is 8.31. The quantitative estimate of drug-likeness (QED) is 0.753. The monoisotopic (exact) mass is 254 g/mol. The van der Waals surface area contributed by atoms with Gasteiger partial charge in [0.2, 0.25) is 0 Å². The Balaban J connectivity index is 2.03. The van der Waals surface area contributed by atoms with Gasteiger partial charge in [-0.15, -0.1) is 0 Å². The minimum Gasteiger partial charge on any atom is -0.330 e. The molecule has 0 unspecified atom stereocenters. The minimum atomic E-state index is 0.669. The standard InChI is InChI=1S/C13H14N6/c14-5-1-2-11-8-10(3-6-15-11)13-16-7-4-12-17-9-18-19(12)13/h3-4,6-9H,1-2,5,14H2. The number of nitrogens with two attached hydrogens (primary N) is 1. The van der Waals surface area contributed by atoms with E-state index in [4.69, 9.17) is 5.73 Å². The number of aromatic nitrogens is 5. The Hall–Kier alpha value is -2.34. The lowest BCUT2D eigenvalue weighted by Crippen LogP contribution is -2.02. The maximum absolute atomic E-state index is 5.52. The van der Waals surface area contributed by atoms with Gasteiger partial charge in [0, 0.05) is 29.7 Å². The third-order valence-electron chi connectivity index (χ3n) is 2.91. The molecule has 3 heterocycles. The van der Waals surface area contributed by atoms with Gasteiger partial charge in [-0.05, 0) is 31.5 Å². The largest absolute Gasteiger partial charge is 0.330 e. The molecule has 3 aromatic heterocycles. The molecule has 0 radical (unpaired) electrons. The first-order valence-corrected chi connectivity index (χ1v) is 6.18. The second kappa shape index (κ2) is 5.11. The van der Waals surface area contributed by atoms with Crippen molar-refractivity contribution in [3.63, 3.8) is 0 Å². The summed E-state index contributed by atoms with van der Waals surface area (Å²) in [6, 6.07) is 5.78. The molecule has 19 heavy (non-hydrogen) atoms. The van der Waals surface area contributed by atoms with E-state index in [1.807, 2.05) is 18.2 Å². The summed E-state index contributed by atoms with van der Waals surface area (Å²) < 4.78 is 1.72. The molecule has 0 saturated carbocycles. The average molecular weight is 254 g/mol. The molecule has 0 fully saturated rings. The van der Waals surface area contributed by atoms with Crippen LogP contribution in [-0.2, 0) is 6.42 Å². The molecule has 0 aliphatic heterocycles. The lowest BCUT2D eigenvalue weighted by Gasteiger charge is -2.05. The first kappa shape index (κ1) is 11.7. The molecule has 96 valence electrons. The van der Waals surface area contributed by atoms with E-state index >= 15 is 0 Å². The number of pyridine rings is 1. The third-order valence-corrected chi connectivity index (χ3v) is 2.91. The summed E-state index contributed by atoms with van der Waals surface area (Å²) >= 11 is 0. The van der Waals surface area contributed by atoms with Crippen LogP contribution in [0.3, 0.4) is 0 Å². The molecular weight excluding hydrogens is 240 g/mol. The fourth-order valence-corrected chi connectivity index (χ4v) is 1.99. The van der Waals surface area contributed by atoms with Crippen molar-refractivity contribution >= 4 is 5.65 Å². The fraction of sp³-hybridized carbons (Fsp3) is 0.231. The van der Waals surface area contributed by atoms with Crippen LogP contribution in [0.1, 0.15) is 12.1 Å². The third kappa shape index (κ3) is 2.30. The van der Waals surface area contributed by atoms with Crippen LogP contribution in [0.25, 0.3) is 17.0 Å². The molecule has 0 spiro atoms. The zero-order chi connectivity index (χ0) is 13.1. The van der Waals surface area contributed by atoms with Gasteiger partial charge in [-0.1, -0.05) is 0 Å². The van der Waals surface area contributed by atoms with E-state index in [1.165, 1.54) is 6.33 Å². The number of hydrogen-bond donors (Lipinski definition) is 1. The Morgan fingerprint density at radius 1 is 1.11 bits per heavy atom. The highest BCUT2D eigenvalue weighted by Gasteiger charge is 2.07. The Kier molecular flexibility index (Phi) is 3.16. The summed E-state index contributed by atoms with van der Waals surface area (Å²) in [4.78, 5) is 12.9. The number of aryl methyl sites for hydroxylation is 1. The number of hydrogen-bond acceptors (Lipinski definition) is 5. The first-order chi connectivity index (χ1) is 9.38. The van der Waals surface area contributed by atoms with E-state index in [-0.39, 0.29) is 0 Å². The summed E-state index contributed by atoms with van der Waals surface area (Å²) in [5.74, 6) is 0.770. The molecule has 0 amide bonds. The van der Waals surface area contributed by atoms with Crippen LogP contribution in [0.5, 0.6) is 0 Å². The van der Waals surface area contributed by atoms with Crippen molar-refractivity contribution in [3.05, 3.63) is 42.6 Å². The maximum atomic E-state index is 5.52. The highest BCUT2D eigenvalue weighted by molar-refractivity contribution is 5.58. The van der Waals surface area contributed by atoms with Gasteiger partial charge in [-0.3, -0.25) is 4.98 Å². The highest BCUT2D eigenvalue weighted by atomic mass is 15.3. The molecule has 0 bridgehead atoms. The van der Waals surface area contributed by atoms with Crippen LogP contribution in [0.2, 0.25) is 0 Å². The van der Waals surface area contributed by atoms with E-state index in [0.29, 0.717) is 6.54 Å². The summed E-state index contributed by atoms with van der Waals surface area (Å²) in [6.45, 7) is 0.669. The van der Waals surface area contributed by atoms with Gasteiger partial charge in [0.15, 0.2) is 11.5 Å². The molecule has 6 nitrogen and oxygen atoms in total. The van der Waals surface area contributed by atoms with Crippen LogP contribution in [0, 0.1) is 0 Å². The van der Waals surface area contributed by atoms with Crippen LogP contribution in [0.4, 0.5) is 0 Å². The van der Waals surface area contributed by atoms with E-state index in [2.05, 4.69) is 20.1 Å². The van der Waals surface area contributed by atoms with E-state index in [0.717, 1.165) is 35.6 Å². The number of fused-ring (bicyclic) bond motifs is 1. The zero-order valence-electron chi connectivity index (χ0n) is 10.4. The Morgan fingerprint density at radius 3 is 2.89 bits per heavy atom. The molecule has 0 saturated heterocycles. The fourth-order valence-electron chi connectivity index (χ4n) is 1.99. The highest BCUT2D eigenvalue weighted by Crippen LogP contribution is 2.17. The number of nitrogens with zero attached hydrogens (tertiary/aromatic N) is 5. The molecule has 3 rings (SSSR count). The van der Waals surface area contributed by atoms with Gasteiger partial charge in [-0.25, -0.2) is 9.97 Å². The normalized spacial score (nSPS) is 11.0. The smallest absolute Gasteiger partial charge is 0.163 e. The van der Waals surface area contributed by atoms with E-state index in [1.54, 1.807) is 16.9 Å². The first-order valence-electron chi connectivity index (χ1n) is 6.18. The van der Waals surface area contributed by atoms with Gasteiger partial charge in [0.25, 0.3) is 0 Å². The van der Waals surface area contributed by atoms with Crippen molar-refractivity contribution in [2.75, 3.05) is 6.54 Å². The van der Waals surface area contributed by atoms with Crippen molar-refractivity contribution in [1.29, 1.82) is 0 Å². The van der Waals surface area contributed by atoms with Crippen LogP contribution in [-0.4, -0.2) is 31.1 Å². The van der Waals surface area contributed by atoms with Gasteiger partial charge < -0.3 is 5.73 Å². The number of rotatable bonds is 4. The second-order valence-electron chi connectivity index (χ2n) is 4.23. The van der Waals surface area contributed by atoms with E-state index in [9.17, 15) is 0 Å². The van der Waals surface area contributed by atoms with Crippen LogP contribution < -0.4 is 5.73 Å². The topological polar surface area (TPSA) is 82.0 Å². The van der Waals surface area contributed by atoms with Crippen molar-refractivity contribution in [2.45, 2.75) is 12.8 Å². The van der Waals surface area contributed by atoms with Gasteiger partial charge in [-0.2, -0.15) is 9.61 Å². The SMILES string of the molecule is NCCCc1cc(-c2nccc3ncnn23)ccn1. The molecule has 2 N–H and O–H groups in total. The average Bonchev–Trinajstić information content (AvgIpc) is 2.93. The molecular formula is C13H14N6. The Labute approximate surface area is 110 Å². The van der Waals surface area contributed by atoms with Crippen molar-refractivity contribution in [2.24, 2.45) is 5.73 Å². The Bertz CT molecular complexity index is 690. The van der Waals surface area contributed by atoms with Crippen molar-refractivity contribution in [1.82, 2.24) is 24.6 Å². The predicted molar refractivity (Wildman–Crippen MR) is 71.4 cm³/mol. The lowest BCUT2D eigenvalue weighted by molar-refractivity contribution is 0.810. The summed E-state index contributed by atoms with van der Waals surface area (Å²) in [5, 5.41) is 4.19. The van der Waals surface area contributed by atoms with Gasteiger partial charge >= 0.3 is 0 Å². The maximum Gasteiger partial charge on any atom is 0.163 e. The lowest BCUT2D eigenvalue weighted by atomic mass is 10.1. The van der Waals surface area contributed by atoms with Crippen LogP contribution >= 0.6 is 0 Å². The van der Waals surface area contributed by atoms with Gasteiger partial charge in [0.1, 0.15) is 6.33 Å². The van der Waals surface area contributed by atoms with Gasteiger partial charge in [0.05, 0.1) is 0 Å². The predicted octanol–water partition coefficient (Wildman–Crippen LogP) is 1.08. The summed E-state index contributed by atoms with van der Waals surface area (Å²) in [6.07, 6.45) is 6.85. The molecule has 6 heteroatoms. The molecule has 0 aliphatic carbocycles. The van der Waals surface area contributed by atoms with Crippen molar-refractivity contribution < 1.29 is 0 Å². The molecule has 0 aromatic carbocycles. The molecule has 0 atom stereocenters. The molecule has 0 aliphatic rings. The minimum absolute atomic E-state index is 0.669. The van der Waals surface area contributed by atoms with E-state index < -0.39 is 0 Å². The molecule has 3 aromatic rings. The van der Waals surface area contributed by atoms with Crippen molar-refractivity contribution in [3.8, 4) is 11.4 Å². The van der Waals surface area contributed by atoms with Crippen LogP contribution in [0.15, 0.2) is 36.9 Å². The Morgan fingerprint density at radius 2 is 2.00 bits per heavy atom. The second-order valence-corrected chi connectivity index (χ2v) is 4.23. The summed E-state index contributed by atoms with van der Waals surface area (Å²) in [7, 11) is 0.